The zero-order chi connectivity index (χ0) is 28.3. The molecule has 8 N–H and O–H groups in total. The monoisotopic (exact) mass is 546 g/mol. The van der Waals surface area contributed by atoms with Crippen molar-refractivity contribution in [3.8, 4) is 46.0 Å². The van der Waals surface area contributed by atoms with Crippen molar-refractivity contribution in [1.29, 1.82) is 0 Å². The highest BCUT2D eigenvalue weighted by atomic mass is 16.5. The highest BCUT2D eigenvalue weighted by molar-refractivity contribution is 5.57. The molecule has 10 heteroatoms. The van der Waals surface area contributed by atoms with Crippen LogP contribution in [-0.4, -0.2) is 53.1 Å². The summed E-state index contributed by atoms with van der Waals surface area (Å²) in [5, 5.41) is 83.9. The number of phenols is 6. The molecule has 5 atom stereocenters. The molecule has 0 fully saturated rings. The van der Waals surface area contributed by atoms with E-state index in [0.717, 1.165) is 0 Å². The maximum absolute atomic E-state index is 11.7. The van der Waals surface area contributed by atoms with Crippen molar-refractivity contribution in [2.75, 3.05) is 0 Å². The van der Waals surface area contributed by atoms with Gasteiger partial charge in [-0.3, -0.25) is 0 Å². The summed E-state index contributed by atoms with van der Waals surface area (Å²) in [6, 6.07) is 15.4. The summed E-state index contributed by atoms with van der Waals surface area (Å²) >= 11 is 0. The van der Waals surface area contributed by atoms with Gasteiger partial charge in [0.15, 0.2) is 35.2 Å². The molecule has 0 saturated heterocycles. The fourth-order valence-corrected chi connectivity index (χ4v) is 5.55. The molecule has 4 aromatic carbocycles. The molecule has 40 heavy (non-hydrogen) atoms. The number of aliphatic hydroxyl groups is 2. The Morgan fingerprint density at radius 1 is 0.550 bits per heavy atom. The molecule has 206 valence electrons. The van der Waals surface area contributed by atoms with Gasteiger partial charge in [-0.15, -0.1) is 0 Å². The Balaban J connectivity index is 1.52. The highest BCUT2D eigenvalue weighted by Gasteiger charge is 2.43. The SMILES string of the molecule is Oc1ccc2c(c1)O[C@@H](c1cc(O)c(O)cc1[C@@H]1c3ccc(O)cc3O[C@H](c3ccc(O)c(O)c3)[C@H]1O)[C@@H](O)C2. The Morgan fingerprint density at radius 3 is 1.90 bits per heavy atom. The van der Waals surface area contributed by atoms with Crippen molar-refractivity contribution >= 4 is 0 Å². The first-order valence-corrected chi connectivity index (χ1v) is 12.5. The van der Waals surface area contributed by atoms with Gasteiger partial charge in [-0.05, 0) is 53.1 Å². The van der Waals surface area contributed by atoms with Gasteiger partial charge in [0.05, 0.1) is 6.10 Å². The van der Waals surface area contributed by atoms with Crippen molar-refractivity contribution in [2.24, 2.45) is 0 Å². The standard InChI is InChI=1S/C30H26O10/c31-15-3-1-13-7-24(37)30(39-25(13)9-15)19-12-23(36)22(35)11-18(19)27-17-5-4-16(32)10-26(17)40-29(28(27)38)14-2-6-20(33)21(34)8-14/h1-6,8-12,24,27-38H,7H2/t24-,27-,28-,29+,30-/m0/s1. The van der Waals surface area contributed by atoms with E-state index in [9.17, 15) is 40.9 Å². The fourth-order valence-electron chi connectivity index (χ4n) is 5.55. The van der Waals surface area contributed by atoms with Crippen LogP contribution in [0.4, 0.5) is 0 Å². The Hall–Kier alpha value is -4.80. The van der Waals surface area contributed by atoms with Crippen LogP contribution in [0.3, 0.4) is 0 Å². The van der Waals surface area contributed by atoms with E-state index in [1.165, 1.54) is 54.6 Å². The van der Waals surface area contributed by atoms with Gasteiger partial charge in [0, 0.05) is 35.6 Å². The summed E-state index contributed by atoms with van der Waals surface area (Å²) in [4.78, 5) is 0. The molecule has 2 heterocycles. The van der Waals surface area contributed by atoms with Crippen molar-refractivity contribution in [3.05, 3.63) is 94.5 Å². The molecular weight excluding hydrogens is 520 g/mol. The molecule has 2 aliphatic heterocycles. The molecule has 0 amide bonds. The predicted molar refractivity (Wildman–Crippen MR) is 140 cm³/mol. The Morgan fingerprint density at radius 2 is 1.18 bits per heavy atom. The van der Waals surface area contributed by atoms with Gasteiger partial charge in [-0.2, -0.15) is 0 Å². The predicted octanol–water partition coefficient (Wildman–Crippen LogP) is 3.58. The smallest absolute Gasteiger partial charge is 0.157 e. The van der Waals surface area contributed by atoms with Gasteiger partial charge in [0.25, 0.3) is 0 Å². The maximum atomic E-state index is 11.7. The molecule has 0 saturated carbocycles. The number of fused-ring (bicyclic) bond motifs is 2. The number of ether oxygens (including phenoxy) is 2. The second kappa shape index (κ2) is 9.44. The largest absolute Gasteiger partial charge is 0.508 e. The van der Waals surface area contributed by atoms with E-state index in [1.54, 1.807) is 12.1 Å². The minimum atomic E-state index is -1.35. The van der Waals surface area contributed by atoms with Gasteiger partial charge >= 0.3 is 0 Å². The first kappa shape index (κ1) is 25.5. The third kappa shape index (κ3) is 4.23. The van der Waals surface area contributed by atoms with E-state index in [2.05, 4.69) is 0 Å². The average molecular weight is 547 g/mol. The maximum Gasteiger partial charge on any atom is 0.157 e. The second-order valence-corrected chi connectivity index (χ2v) is 10.0. The lowest BCUT2D eigenvalue weighted by molar-refractivity contribution is 0.00393. The topological polar surface area (TPSA) is 180 Å². The third-order valence-electron chi connectivity index (χ3n) is 7.47. The summed E-state index contributed by atoms with van der Waals surface area (Å²) < 4.78 is 12.2. The zero-order valence-corrected chi connectivity index (χ0v) is 20.8. The van der Waals surface area contributed by atoms with Crippen LogP contribution in [-0.2, 0) is 6.42 Å². The van der Waals surface area contributed by atoms with Crippen LogP contribution in [0.5, 0.6) is 46.0 Å². The first-order chi connectivity index (χ1) is 19.1. The molecule has 0 unspecified atom stereocenters. The summed E-state index contributed by atoms with van der Waals surface area (Å²) in [6.45, 7) is 0. The molecule has 0 spiro atoms. The summed E-state index contributed by atoms with van der Waals surface area (Å²) in [6.07, 6.45) is -4.40. The summed E-state index contributed by atoms with van der Waals surface area (Å²) in [5.41, 5.74) is 2.02. The minimum absolute atomic E-state index is 0.0313. The number of benzene rings is 4. The van der Waals surface area contributed by atoms with Gasteiger partial charge < -0.3 is 50.3 Å². The van der Waals surface area contributed by atoms with E-state index < -0.39 is 47.6 Å². The first-order valence-electron chi connectivity index (χ1n) is 12.5. The Bertz CT molecular complexity index is 1620. The molecule has 10 nitrogen and oxygen atoms in total. The highest BCUT2D eigenvalue weighted by Crippen LogP contribution is 2.51. The van der Waals surface area contributed by atoms with Crippen LogP contribution < -0.4 is 9.47 Å². The van der Waals surface area contributed by atoms with Crippen LogP contribution in [0.2, 0.25) is 0 Å². The lowest BCUT2D eigenvalue weighted by Crippen LogP contribution is -2.37. The lowest BCUT2D eigenvalue weighted by atomic mass is 9.76. The van der Waals surface area contributed by atoms with Crippen molar-refractivity contribution in [2.45, 2.75) is 36.8 Å². The van der Waals surface area contributed by atoms with Crippen LogP contribution in [0.15, 0.2) is 66.7 Å². The fraction of sp³-hybridized carbons (Fsp3) is 0.200. The van der Waals surface area contributed by atoms with Gasteiger partial charge in [-0.25, -0.2) is 0 Å². The van der Waals surface area contributed by atoms with Crippen LogP contribution in [0.25, 0.3) is 0 Å². The molecule has 2 aliphatic rings. The number of hydrogen-bond acceptors (Lipinski definition) is 10. The van der Waals surface area contributed by atoms with E-state index in [1.807, 2.05) is 0 Å². The molecule has 0 bridgehead atoms. The van der Waals surface area contributed by atoms with Crippen LogP contribution in [0.1, 0.15) is 45.9 Å². The summed E-state index contributed by atoms with van der Waals surface area (Å²) in [7, 11) is 0. The van der Waals surface area contributed by atoms with Gasteiger partial charge in [-0.1, -0.05) is 18.2 Å². The quantitative estimate of drug-likeness (QED) is 0.177. The van der Waals surface area contributed by atoms with Crippen molar-refractivity contribution in [1.82, 2.24) is 0 Å². The van der Waals surface area contributed by atoms with Crippen molar-refractivity contribution in [3.63, 3.8) is 0 Å². The van der Waals surface area contributed by atoms with E-state index in [-0.39, 0.29) is 35.0 Å². The lowest BCUT2D eigenvalue weighted by Gasteiger charge is -2.39. The summed E-state index contributed by atoms with van der Waals surface area (Å²) in [5.74, 6) is -2.24. The third-order valence-corrected chi connectivity index (χ3v) is 7.47. The Labute approximate surface area is 227 Å². The number of aliphatic hydroxyl groups excluding tert-OH is 2. The zero-order valence-electron chi connectivity index (χ0n) is 20.8. The average Bonchev–Trinajstić information content (AvgIpc) is 2.91. The number of aromatic hydroxyl groups is 6. The molecule has 0 radical (unpaired) electrons. The van der Waals surface area contributed by atoms with Crippen LogP contribution in [0, 0.1) is 0 Å². The molecule has 0 aromatic heterocycles. The van der Waals surface area contributed by atoms with Gasteiger partial charge in [0.2, 0.25) is 0 Å². The van der Waals surface area contributed by atoms with Crippen LogP contribution >= 0.6 is 0 Å². The minimum Gasteiger partial charge on any atom is -0.508 e. The number of phenolic OH excluding ortho intramolecular Hbond substituents is 6. The van der Waals surface area contributed by atoms with E-state index >= 15 is 0 Å². The number of rotatable bonds is 3. The van der Waals surface area contributed by atoms with E-state index in [0.29, 0.717) is 28.0 Å². The molecule has 0 aliphatic carbocycles. The molecule has 4 aromatic rings. The van der Waals surface area contributed by atoms with Gasteiger partial charge in [0.1, 0.15) is 29.1 Å². The molecule has 6 rings (SSSR count). The second-order valence-electron chi connectivity index (χ2n) is 10.0. The van der Waals surface area contributed by atoms with E-state index in [4.69, 9.17) is 9.47 Å². The number of hydrogen-bond donors (Lipinski definition) is 8. The Kier molecular flexibility index (Phi) is 6.01. The molecular formula is C30H26O10. The van der Waals surface area contributed by atoms with Crippen molar-refractivity contribution < 1.29 is 50.3 Å². The normalized spacial score (nSPS) is 23.4.